The standard InChI is InChI=1S/C13H18O/c1-4-10-14-13-8-6-12(7-9-13)11(3)5-2/h6-9H,3-5,10H2,1-2H3. The maximum atomic E-state index is 5.49. The number of rotatable bonds is 5. The molecule has 0 aliphatic rings. The predicted molar refractivity (Wildman–Crippen MR) is 61.6 cm³/mol. The minimum atomic E-state index is 0.786. The van der Waals surface area contributed by atoms with Crippen molar-refractivity contribution in [3.63, 3.8) is 0 Å². The molecule has 0 aromatic heterocycles. The molecule has 1 nitrogen and oxygen atoms in total. The van der Waals surface area contributed by atoms with E-state index in [0.29, 0.717) is 0 Å². The van der Waals surface area contributed by atoms with Crippen LogP contribution in [0.5, 0.6) is 5.75 Å². The average Bonchev–Trinajstić information content (AvgIpc) is 2.26. The van der Waals surface area contributed by atoms with Crippen LogP contribution in [-0.4, -0.2) is 6.61 Å². The summed E-state index contributed by atoms with van der Waals surface area (Å²) in [6.45, 7) is 9.00. The first-order chi connectivity index (χ1) is 6.77. The summed E-state index contributed by atoms with van der Waals surface area (Å²) in [6, 6.07) is 8.14. The van der Waals surface area contributed by atoms with Crippen molar-refractivity contribution in [2.75, 3.05) is 6.61 Å². The van der Waals surface area contributed by atoms with Gasteiger partial charge in [0, 0.05) is 0 Å². The Kier molecular flexibility index (Phi) is 4.24. The first-order valence-electron chi connectivity index (χ1n) is 5.19. The minimum Gasteiger partial charge on any atom is -0.494 e. The van der Waals surface area contributed by atoms with Crippen molar-refractivity contribution in [3.8, 4) is 5.75 Å². The average molecular weight is 190 g/mol. The molecule has 0 fully saturated rings. The maximum absolute atomic E-state index is 5.49. The summed E-state index contributed by atoms with van der Waals surface area (Å²) in [7, 11) is 0. The number of hydrogen-bond acceptors (Lipinski definition) is 1. The molecule has 0 spiro atoms. The topological polar surface area (TPSA) is 9.23 Å². The highest BCUT2D eigenvalue weighted by Gasteiger charge is 1.97. The molecule has 0 bridgehead atoms. The quantitative estimate of drug-likeness (QED) is 0.684. The molecule has 0 aliphatic carbocycles. The van der Waals surface area contributed by atoms with Gasteiger partial charge in [-0.2, -0.15) is 0 Å². The summed E-state index contributed by atoms with van der Waals surface area (Å²) in [5.41, 5.74) is 2.38. The van der Waals surface area contributed by atoms with E-state index in [9.17, 15) is 0 Å². The molecule has 1 aromatic rings. The van der Waals surface area contributed by atoms with Gasteiger partial charge in [-0.05, 0) is 36.1 Å². The highest BCUT2D eigenvalue weighted by atomic mass is 16.5. The number of benzene rings is 1. The fraction of sp³-hybridized carbons (Fsp3) is 0.385. The Balaban J connectivity index is 2.63. The fourth-order valence-corrected chi connectivity index (χ4v) is 1.21. The van der Waals surface area contributed by atoms with Gasteiger partial charge in [0.15, 0.2) is 0 Å². The van der Waals surface area contributed by atoms with E-state index >= 15 is 0 Å². The van der Waals surface area contributed by atoms with E-state index in [0.717, 1.165) is 25.2 Å². The summed E-state index contributed by atoms with van der Waals surface area (Å²) in [5, 5.41) is 0. The number of ether oxygens (including phenoxy) is 1. The van der Waals surface area contributed by atoms with Crippen LogP contribution in [-0.2, 0) is 0 Å². The van der Waals surface area contributed by atoms with Gasteiger partial charge in [0.05, 0.1) is 6.61 Å². The smallest absolute Gasteiger partial charge is 0.119 e. The number of allylic oxidation sites excluding steroid dienone is 1. The Morgan fingerprint density at radius 3 is 2.36 bits per heavy atom. The molecule has 0 amide bonds. The van der Waals surface area contributed by atoms with Crippen molar-refractivity contribution in [2.24, 2.45) is 0 Å². The summed E-state index contributed by atoms with van der Waals surface area (Å²) < 4.78 is 5.49. The molecular weight excluding hydrogens is 172 g/mol. The van der Waals surface area contributed by atoms with E-state index in [-0.39, 0.29) is 0 Å². The summed E-state index contributed by atoms with van der Waals surface area (Å²) in [5.74, 6) is 0.944. The molecule has 0 saturated heterocycles. The number of hydrogen-bond donors (Lipinski definition) is 0. The second kappa shape index (κ2) is 5.48. The fourth-order valence-electron chi connectivity index (χ4n) is 1.21. The zero-order chi connectivity index (χ0) is 10.4. The van der Waals surface area contributed by atoms with E-state index < -0.39 is 0 Å². The molecule has 14 heavy (non-hydrogen) atoms. The van der Waals surface area contributed by atoms with Crippen LogP contribution < -0.4 is 4.74 Å². The molecule has 0 unspecified atom stereocenters. The Hall–Kier alpha value is -1.24. The third-order valence-electron chi connectivity index (χ3n) is 2.16. The SMILES string of the molecule is C=C(CC)c1ccc(OCCC)cc1. The van der Waals surface area contributed by atoms with Crippen molar-refractivity contribution in [3.05, 3.63) is 36.4 Å². The van der Waals surface area contributed by atoms with Gasteiger partial charge >= 0.3 is 0 Å². The first-order valence-corrected chi connectivity index (χ1v) is 5.19. The summed E-state index contributed by atoms with van der Waals surface area (Å²) in [6.07, 6.45) is 2.04. The highest BCUT2D eigenvalue weighted by Crippen LogP contribution is 2.19. The van der Waals surface area contributed by atoms with E-state index in [1.165, 1.54) is 11.1 Å². The molecule has 0 saturated carbocycles. The van der Waals surface area contributed by atoms with Gasteiger partial charge in [0.1, 0.15) is 5.75 Å². The summed E-state index contributed by atoms with van der Waals surface area (Å²) in [4.78, 5) is 0. The second-order valence-corrected chi connectivity index (χ2v) is 3.33. The van der Waals surface area contributed by atoms with Gasteiger partial charge in [-0.1, -0.05) is 32.6 Å². The van der Waals surface area contributed by atoms with Crippen molar-refractivity contribution in [2.45, 2.75) is 26.7 Å². The van der Waals surface area contributed by atoms with E-state index in [4.69, 9.17) is 4.74 Å². The van der Waals surface area contributed by atoms with Crippen LogP contribution in [0.2, 0.25) is 0 Å². The molecule has 0 aliphatic heterocycles. The highest BCUT2D eigenvalue weighted by molar-refractivity contribution is 5.63. The molecule has 0 radical (unpaired) electrons. The van der Waals surface area contributed by atoms with Gasteiger partial charge < -0.3 is 4.74 Å². The Morgan fingerprint density at radius 2 is 1.86 bits per heavy atom. The Bertz CT molecular complexity index is 285. The van der Waals surface area contributed by atoms with Crippen molar-refractivity contribution in [1.82, 2.24) is 0 Å². The molecule has 1 aromatic carbocycles. The maximum Gasteiger partial charge on any atom is 0.119 e. The third kappa shape index (κ3) is 2.91. The third-order valence-corrected chi connectivity index (χ3v) is 2.16. The monoisotopic (exact) mass is 190 g/mol. The lowest BCUT2D eigenvalue weighted by atomic mass is 10.1. The van der Waals surface area contributed by atoms with Crippen LogP contribution in [0.15, 0.2) is 30.8 Å². The zero-order valence-electron chi connectivity index (χ0n) is 9.05. The molecule has 0 N–H and O–H groups in total. The van der Waals surface area contributed by atoms with Gasteiger partial charge in [0.2, 0.25) is 0 Å². The lowest BCUT2D eigenvalue weighted by Crippen LogP contribution is -1.94. The largest absolute Gasteiger partial charge is 0.494 e. The van der Waals surface area contributed by atoms with Crippen molar-refractivity contribution in [1.29, 1.82) is 0 Å². The van der Waals surface area contributed by atoms with Crippen LogP contribution in [0, 0.1) is 0 Å². The second-order valence-electron chi connectivity index (χ2n) is 3.33. The normalized spacial score (nSPS) is 9.86. The van der Waals surface area contributed by atoms with Crippen molar-refractivity contribution >= 4 is 5.57 Å². The first kappa shape index (κ1) is 10.8. The molecular formula is C13H18O. The lowest BCUT2D eigenvalue weighted by Gasteiger charge is -2.06. The van der Waals surface area contributed by atoms with Crippen LogP contribution in [0.4, 0.5) is 0 Å². The Morgan fingerprint density at radius 1 is 1.21 bits per heavy atom. The van der Waals surface area contributed by atoms with E-state index in [2.05, 4.69) is 32.6 Å². The van der Waals surface area contributed by atoms with Crippen LogP contribution in [0.1, 0.15) is 32.3 Å². The molecule has 0 atom stereocenters. The minimum absolute atomic E-state index is 0.786. The van der Waals surface area contributed by atoms with E-state index in [1.54, 1.807) is 0 Å². The zero-order valence-corrected chi connectivity index (χ0v) is 9.05. The van der Waals surface area contributed by atoms with Crippen LogP contribution in [0.25, 0.3) is 5.57 Å². The van der Waals surface area contributed by atoms with E-state index in [1.807, 2.05) is 12.1 Å². The van der Waals surface area contributed by atoms with Crippen molar-refractivity contribution < 1.29 is 4.74 Å². The van der Waals surface area contributed by atoms with Gasteiger partial charge in [-0.15, -0.1) is 0 Å². The van der Waals surface area contributed by atoms with Gasteiger partial charge in [0.25, 0.3) is 0 Å². The molecule has 1 rings (SSSR count). The van der Waals surface area contributed by atoms with Crippen LogP contribution >= 0.6 is 0 Å². The molecule has 0 heterocycles. The predicted octanol–water partition coefficient (Wildman–Crippen LogP) is 3.90. The summed E-state index contributed by atoms with van der Waals surface area (Å²) >= 11 is 0. The Labute approximate surface area is 86.4 Å². The van der Waals surface area contributed by atoms with Gasteiger partial charge in [-0.25, -0.2) is 0 Å². The lowest BCUT2D eigenvalue weighted by molar-refractivity contribution is 0.317. The van der Waals surface area contributed by atoms with Gasteiger partial charge in [-0.3, -0.25) is 0 Å². The molecule has 76 valence electrons. The van der Waals surface area contributed by atoms with Crippen LogP contribution in [0.3, 0.4) is 0 Å². The molecule has 1 heteroatoms.